The van der Waals surface area contributed by atoms with E-state index in [0.717, 1.165) is 45.7 Å². The number of fused-ring (bicyclic) bond motifs is 1. The molecule has 0 radical (unpaired) electrons. The zero-order valence-corrected chi connectivity index (χ0v) is 45.0. The van der Waals surface area contributed by atoms with Gasteiger partial charge in [-0.1, -0.05) is 43.4 Å². The minimum absolute atomic E-state index is 0.0149. The molecule has 1 aromatic carbocycles. The number of aldehydes is 1. The second kappa shape index (κ2) is 43.8. The number of thioether (sulfide) groups is 1. The fourth-order valence-corrected chi connectivity index (χ4v) is 6.31. The van der Waals surface area contributed by atoms with Crippen LogP contribution >= 0.6 is 33.3 Å². The molecule has 0 aliphatic carbocycles. The smallest absolute Gasteiger partial charge is 0.317 e. The van der Waals surface area contributed by atoms with Gasteiger partial charge in [0, 0.05) is 101 Å². The van der Waals surface area contributed by atoms with Crippen LogP contribution < -0.4 is 20.9 Å². The van der Waals surface area contributed by atoms with Crippen LogP contribution in [0.5, 0.6) is 0 Å². The van der Waals surface area contributed by atoms with Gasteiger partial charge in [-0.3, -0.25) is 48.3 Å². The Labute approximate surface area is 427 Å². The molecule has 3 rings (SSSR count). The molecule has 21 nitrogen and oxygen atoms in total. The number of aliphatic hydroxyl groups excluding tert-OH is 1. The summed E-state index contributed by atoms with van der Waals surface area (Å²) in [5.41, 5.74) is 1.31. The molecule has 6 N–H and O–H groups in total. The number of hydrogen-bond donors (Lipinski definition) is 6. The first-order valence-electron chi connectivity index (χ1n) is 22.7. The summed E-state index contributed by atoms with van der Waals surface area (Å²) in [6, 6.07) is 6.54. The van der Waals surface area contributed by atoms with Crippen molar-refractivity contribution in [1.29, 1.82) is 0 Å². The predicted molar refractivity (Wildman–Crippen MR) is 280 cm³/mol. The molecule has 26 heteroatoms. The quantitative estimate of drug-likeness (QED) is 0.0261. The fraction of sp³-hybridized carbons (Fsp3) is 0.622. The van der Waals surface area contributed by atoms with E-state index in [2.05, 4.69) is 37.1 Å². The number of carboxylic acid groups (broad SMARTS) is 2. The first-order valence-corrected chi connectivity index (χ1v) is 25.6. The van der Waals surface area contributed by atoms with Gasteiger partial charge in [-0.05, 0) is 62.7 Å². The number of nitrogens with one attached hydrogen (secondary N) is 3. The van der Waals surface area contributed by atoms with E-state index in [4.69, 9.17) is 20.2 Å². The lowest BCUT2D eigenvalue weighted by molar-refractivity contribution is -0.140. The Bertz CT molecular complexity index is 1890. The second-order valence-corrected chi connectivity index (χ2v) is 17.3. The molecule has 71 heavy (non-hydrogen) atoms. The zero-order valence-electron chi connectivity index (χ0n) is 42.2. The summed E-state index contributed by atoms with van der Waals surface area (Å²) in [4.78, 5) is 111. The molecular weight excluding hydrogens is 992 g/mol. The summed E-state index contributed by atoms with van der Waals surface area (Å²) < 4.78 is 25.9. The van der Waals surface area contributed by atoms with Gasteiger partial charge in [-0.25, -0.2) is 4.39 Å². The fourth-order valence-electron chi connectivity index (χ4n) is 5.97. The van der Waals surface area contributed by atoms with Crippen LogP contribution in [0.25, 0.3) is 10.9 Å². The van der Waals surface area contributed by atoms with Crippen molar-refractivity contribution in [2.24, 2.45) is 4.58 Å². The molecule has 0 saturated carbocycles. The van der Waals surface area contributed by atoms with Crippen LogP contribution in [0.1, 0.15) is 89.4 Å². The largest absolute Gasteiger partial charge is 0.480 e. The summed E-state index contributed by atoms with van der Waals surface area (Å²) in [7, 11) is 4.69. The average molecular weight is 1070 g/mol. The minimum Gasteiger partial charge on any atom is -0.480 e. The van der Waals surface area contributed by atoms with Crippen LogP contribution in [-0.2, 0) is 33.6 Å². The molecule has 2 aromatic rings. The monoisotopic (exact) mass is 1070 g/mol. The highest BCUT2D eigenvalue weighted by Gasteiger charge is 2.36. The Kier molecular flexibility index (Phi) is 43.4. The number of aromatic nitrogens is 1. The molecule has 2 unspecified atom stereocenters. The van der Waals surface area contributed by atoms with Crippen molar-refractivity contribution in [3.8, 4) is 0 Å². The number of carbonyl (C=O) groups excluding carboxylic acids is 6. The maximum atomic E-state index is 14.0. The Morgan fingerprint density at radius 2 is 1.44 bits per heavy atom. The number of rotatable bonds is 25. The molecule has 1 fully saturated rings. The van der Waals surface area contributed by atoms with Gasteiger partial charge >= 0.3 is 11.9 Å². The van der Waals surface area contributed by atoms with Gasteiger partial charge in [0.25, 0.3) is 5.91 Å². The van der Waals surface area contributed by atoms with E-state index in [-0.39, 0.29) is 87.7 Å². The van der Waals surface area contributed by atoms with Crippen LogP contribution in [-0.4, -0.2) is 187 Å². The molecule has 1 saturated heterocycles. The molecule has 5 amide bonds. The van der Waals surface area contributed by atoms with E-state index < -0.39 is 35.6 Å². The Morgan fingerprint density at radius 3 is 1.90 bits per heavy atom. The Balaban J connectivity index is -0.00000120. The number of carboxylic acids is 2. The van der Waals surface area contributed by atoms with Crippen LogP contribution in [0.3, 0.4) is 0 Å². The molecule has 2 atom stereocenters. The van der Waals surface area contributed by atoms with Crippen LogP contribution in [0.15, 0.2) is 35.0 Å². The highest BCUT2D eigenvalue weighted by molar-refractivity contribution is 7.97. The van der Waals surface area contributed by atoms with Crippen molar-refractivity contribution in [3.63, 3.8) is 0 Å². The van der Waals surface area contributed by atoms with E-state index in [1.165, 1.54) is 22.1 Å². The molecule has 1 aliphatic rings. The van der Waals surface area contributed by atoms with Crippen LogP contribution in [0.4, 0.5) is 14.0 Å². The van der Waals surface area contributed by atoms with Gasteiger partial charge in [-0.15, -0.1) is 8.79 Å². The van der Waals surface area contributed by atoms with E-state index in [1.54, 1.807) is 48.5 Å². The topological polar surface area (TPSA) is 289 Å². The number of nitrogens with zero attached hydrogens (tertiary/aromatic N) is 6. The van der Waals surface area contributed by atoms with E-state index in [0.29, 0.717) is 49.1 Å². The first-order chi connectivity index (χ1) is 33.7. The first kappa shape index (κ1) is 70.3. The predicted octanol–water partition coefficient (Wildman–Crippen LogP) is 4.56. The summed E-state index contributed by atoms with van der Waals surface area (Å²) in [5.74, 6) is -3.25. The third-order valence-electron chi connectivity index (χ3n) is 9.40. The van der Waals surface area contributed by atoms with Crippen molar-refractivity contribution in [3.05, 3.63) is 40.9 Å². The second-order valence-electron chi connectivity index (χ2n) is 15.2. The third-order valence-corrected chi connectivity index (χ3v) is 9.93. The summed E-state index contributed by atoms with van der Waals surface area (Å²) in [6.45, 7) is 10.9. The summed E-state index contributed by atoms with van der Waals surface area (Å²) in [5, 5.41) is 31.6. The SMILES string of the molecule is CCC(=O)NCCNC(=O)CCC(=O)N(C)c1ccc2nccc(C(=O)NCC(=O)N3CCC(F)(P)C3)c2c1.CCC=O.CCCCN(CCN(CCC)CC(=O)O)CC(=O)O.CO.CSC.O=NSF. The minimum atomic E-state index is -1.50. The van der Waals surface area contributed by atoms with Gasteiger partial charge in [0.1, 0.15) is 11.7 Å². The number of pyridine rings is 1. The summed E-state index contributed by atoms with van der Waals surface area (Å²) in [6.07, 6.45) is 10.5. The number of nitroso groups, excluding NO2 is 1. The van der Waals surface area contributed by atoms with Gasteiger partial charge in [-0.2, -0.15) is 11.8 Å². The Morgan fingerprint density at radius 1 is 0.887 bits per heavy atom. The molecular formula is C45H76F2N9O12PS2. The lowest BCUT2D eigenvalue weighted by Gasteiger charge is -2.25. The average Bonchev–Trinajstić information content (AvgIpc) is 3.73. The number of unbranched alkanes of at least 4 members (excludes halogenated alkanes) is 1. The zero-order chi connectivity index (χ0) is 54.8. The van der Waals surface area contributed by atoms with Crippen molar-refractivity contribution < 1.29 is 62.0 Å². The van der Waals surface area contributed by atoms with Gasteiger partial charge < -0.3 is 45.9 Å². The van der Waals surface area contributed by atoms with Crippen molar-refractivity contribution in [2.75, 3.05) is 104 Å². The van der Waals surface area contributed by atoms with Gasteiger partial charge in [0.05, 0.1) is 37.3 Å². The number of carbonyl (C=O) groups is 8. The molecule has 2 heterocycles. The van der Waals surface area contributed by atoms with Crippen LogP contribution in [0.2, 0.25) is 0 Å². The Hall–Kier alpha value is -4.94. The van der Waals surface area contributed by atoms with E-state index >= 15 is 0 Å². The lowest BCUT2D eigenvalue weighted by Crippen LogP contribution is -2.40. The third kappa shape index (κ3) is 34.9. The molecule has 1 aliphatic heterocycles. The highest BCUT2D eigenvalue weighted by Crippen LogP contribution is 2.31. The lowest BCUT2D eigenvalue weighted by atomic mass is 10.1. The molecule has 404 valence electrons. The number of likely N-dealkylation sites (tertiary alicyclic amines) is 1. The standard InChI is InChI=1S/C26H34FN6O5P.C13H26N2O4.C3H6O.C2H6S.CH4O.FNOS/c1-3-21(34)29-11-12-30-22(35)6-7-23(36)32(2)17-4-5-20-19(14-17)18(8-10-28-20)25(38)31-15-24(37)33-13-9-26(27,39)16-33;1-3-5-7-15(11-13(18)19)9-8-14(6-4-2)10-12(16)17;1-2-3-4;1-3-2;1-2;1-4-2-3/h4-5,8,10,14H,3,6-7,9,11-13,15-16,39H2,1-2H3,(H,29,34)(H,30,35)(H,31,38);3-11H2,1-2H3,(H,16,17)(H,18,19);3H,2H2,1H3;1-2H3;2H,1H3;. The van der Waals surface area contributed by atoms with Gasteiger partial charge in [0.2, 0.25) is 36.0 Å². The normalized spacial score (nSPS) is 13.1. The number of anilines is 1. The number of aliphatic carboxylic acids is 2. The molecule has 0 bridgehead atoms. The van der Waals surface area contributed by atoms with Crippen molar-refractivity contribution in [2.45, 2.75) is 84.5 Å². The number of amides is 5. The van der Waals surface area contributed by atoms with Crippen LogP contribution in [0, 0.1) is 4.91 Å². The van der Waals surface area contributed by atoms with Gasteiger partial charge in [0.15, 0.2) is 0 Å². The van der Waals surface area contributed by atoms with E-state index in [1.807, 2.05) is 36.2 Å². The number of benzene rings is 1. The number of halogens is 2. The van der Waals surface area contributed by atoms with Crippen molar-refractivity contribution >= 4 is 97.7 Å². The van der Waals surface area contributed by atoms with Crippen molar-refractivity contribution in [1.82, 2.24) is 35.6 Å². The van der Waals surface area contributed by atoms with E-state index in [9.17, 15) is 46.6 Å². The molecule has 1 aromatic heterocycles. The molecule has 0 spiro atoms. The number of aliphatic hydroxyl groups is 1. The number of alkyl halides is 1. The summed E-state index contributed by atoms with van der Waals surface area (Å²) >= 11 is 1.18. The number of hydrogen-bond acceptors (Lipinski definition) is 16. The highest BCUT2D eigenvalue weighted by atomic mass is 32.2. The maximum absolute atomic E-state index is 14.0. The maximum Gasteiger partial charge on any atom is 0.317 e.